The molecule has 1 aromatic carbocycles. The molecule has 0 aliphatic carbocycles. The minimum atomic E-state index is -3.49. The lowest BCUT2D eigenvalue weighted by Crippen LogP contribution is -2.39. The average Bonchev–Trinajstić information content (AvgIpc) is 2.47. The molecule has 0 aromatic heterocycles. The fourth-order valence-electron chi connectivity index (χ4n) is 2.67. The molecule has 1 aliphatic rings. The van der Waals surface area contributed by atoms with Crippen LogP contribution >= 0.6 is 0 Å². The molecule has 1 saturated heterocycles. The normalized spacial score (nSPS) is 20.6. The van der Waals surface area contributed by atoms with E-state index in [2.05, 4.69) is 6.92 Å². The summed E-state index contributed by atoms with van der Waals surface area (Å²) in [7, 11) is -3.49. The van der Waals surface area contributed by atoms with Gasteiger partial charge in [-0.05, 0) is 43.4 Å². The van der Waals surface area contributed by atoms with Crippen molar-refractivity contribution in [3.05, 3.63) is 29.3 Å². The van der Waals surface area contributed by atoms with Crippen molar-refractivity contribution in [3.63, 3.8) is 0 Å². The largest absolute Gasteiger partial charge is 0.243 e. The van der Waals surface area contributed by atoms with Crippen LogP contribution in [0.1, 0.15) is 37.3 Å². The zero-order valence-electron chi connectivity index (χ0n) is 12.0. The van der Waals surface area contributed by atoms with Crippen molar-refractivity contribution in [1.29, 1.82) is 5.26 Å². The Hall–Kier alpha value is -1.38. The van der Waals surface area contributed by atoms with E-state index >= 15 is 0 Å². The summed E-state index contributed by atoms with van der Waals surface area (Å²) in [4.78, 5) is 0.272. The predicted octanol–water partition coefficient (Wildman–Crippen LogP) is 2.68. The number of hydrogen-bond acceptors (Lipinski definition) is 3. The highest BCUT2D eigenvalue weighted by atomic mass is 32.2. The van der Waals surface area contributed by atoms with E-state index < -0.39 is 10.0 Å². The van der Waals surface area contributed by atoms with Crippen LogP contribution < -0.4 is 0 Å². The molecule has 1 heterocycles. The highest BCUT2D eigenvalue weighted by Crippen LogP contribution is 2.27. The third-order valence-corrected chi connectivity index (χ3v) is 6.00. The van der Waals surface area contributed by atoms with Gasteiger partial charge in [-0.2, -0.15) is 9.57 Å². The highest BCUT2D eigenvalue weighted by Gasteiger charge is 2.30. The number of aryl methyl sites for hydroxylation is 1. The van der Waals surface area contributed by atoms with Crippen LogP contribution in [0.25, 0.3) is 0 Å². The van der Waals surface area contributed by atoms with E-state index in [0.29, 0.717) is 30.1 Å². The summed E-state index contributed by atoms with van der Waals surface area (Å²) in [6, 6.07) is 6.85. The number of nitrogens with zero attached hydrogens (tertiary/aromatic N) is 2. The summed E-state index contributed by atoms with van der Waals surface area (Å²) < 4.78 is 27.1. The summed E-state index contributed by atoms with van der Waals surface area (Å²) >= 11 is 0. The van der Waals surface area contributed by atoms with Crippen molar-refractivity contribution < 1.29 is 8.42 Å². The Balaban J connectivity index is 2.37. The van der Waals surface area contributed by atoms with Gasteiger partial charge < -0.3 is 0 Å². The van der Waals surface area contributed by atoms with E-state index in [1.54, 1.807) is 23.4 Å². The van der Waals surface area contributed by atoms with Gasteiger partial charge in [-0.15, -0.1) is 0 Å². The van der Waals surface area contributed by atoms with Crippen LogP contribution in [-0.4, -0.2) is 25.8 Å². The average molecular weight is 292 g/mol. The van der Waals surface area contributed by atoms with Gasteiger partial charge in [0.25, 0.3) is 0 Å². The monoisotopic (exact) mass is 292 g/mol. The summed E-state index contributed by atoms with van der Waals surface area (Å²) in [5, 5.41) is 8.95. The summed E-state index contributed by atoms with van der Waals surface area (Å²) in [5.41, 5.74) is 1.08. The number of rotatable bonds is 3. The Morgan fingerprint density at radius 2 is 2.20 bits per heavy atom. The van der Waals surface area contributed by atoms with Gasteiger partial charge in [-0.3, -0.25) is 0 Å². The molecule has 1 aliphatic heterocycles. The minimum absolute atomic E-state index is 0.272. The van der Waals surface area contributed by atoms with Crippen molar-refractivity contribution >= 4 is 10.0 Å². The molecule has 4 nitrogen and oxygen atoms in total. The van der Waals surface area contributed by atoms with Crippen LogP contribution in [0.4, 0.5) is 0 Å². The third-order valence-electron chi connectivity index (χ3n) is 3.99. The molecule has 1 atom stereocenters. The van der Waals surface area contributed by atoms with Gasteiger partial charge in [0.05, 0.1) is 16.5 Å². The highest BCUT2D eigenvalue weighted by molar-refractivity contribution is 7.89. The number of sulfonamides is 1. The zero-order chi connectivity index (χ0) is 14.8. The molecule has 0 amide bonds. The maximum atomic E-state index is 12.8. The van der Waals surface area contributed by atoms with Crippen molar-refractivity contribution in [2.75, 3.05) is 13.1 Å². The Morgan fingerprint density at radius 3 is 2.85 bits per heavy atom. The molecule has 2 rings (SSSR count). The number of hydrogen-bond donors (Lipinski definition) is 0. The van der Waals surface area contributed by atoms with Gasteiger partial charge in [0.15, 0.2) is 0 Å². The first kappa shape index (κ1) is 15.0. The molecule has 0 N–H and O–H groups in total. The molecule has 20 heavy (non-hydrogen) atoms. The first-order valence-corrected chi connectivity index (χ1v) is 8.44. The van der Waals surface area contributed by atoms with Gasteiger partial charge in [0.1, 0.15) is 0 Å². The first-order valence-electron chi connectivity index (χ1n) is 7.00. The summed E-state index contributed by atoms with van der Waals surface area (Å²) in [6.07, 6.45) is 3.01. The minimum Gasteiger partial charge on any atom is -0.207 e. The summed E-state index contributed by atoms with van der Waals surface area (Å²) in [6.45, 7) is 5.04. The first-order chi connectivity index (χ1) is 9.48. The number of piperidine rings is 1. The van der Waals surface area contributed by atoms with Crippen molar-refractivity contribution in [2.45, 2.75) is 38.0 Å². The Morgan fingerprint density at radius 1 is 1.45 bits per heavy atom. The van der Waals surface area contributed by atoms with E-state index in [1.807, 2.05) is 6.07 Å². The molecular formula is C15H20N2O2S. The fourth-order valence-corrected chi connectivity index (χ4v) is 4.47. The van der Waals surface area contributed by atoms with E-state index in [9.17, 15) is 8.42 Å². The molecule has 108 valence electrons. The van der Waals surface area contributed by atoms with Crippen LogP contribution in [0, 0.1) is 24.2 Å². The maximum absolute atomic E-state index is 12.8. The van der Waals surface area contributed by atoms with Crippen molar-refractivity contribution in [1.82, 2.24) is 4.31 Å². The zero-order valence-corrected chi connectivity index (χ0v) is 12.8. The van der Waals surface area contributed by atoms with Gasteiger partial charge >= 0.3 is 0 Å². The maximum Gasteiger partial charge on any atom is 0.243 e. The molecule has 1 unspecified atom stereocenters. The summed E-state index contributed by atoms with van der Waals surface area (Å²) in [5.74, 6) is 0.443. The quantitative estimate of drug-likeness (QED) is 0.860. The van der Waals surface area contributed by atoms with Gasteiger partial charge in [0, 0.05) is 13.1 Å². The molecule has 1 aromatic rings. The van der Waals surface area contributed by atoms with Gasteiger partial charge in [-0.25, -0.2) is 8.42 Å². The van der Waals surface area contributed by atoms with E-state index in [1.165, 1.54) is 6.07 Å². The molecular weight excluding hydrogens is 272 g/mol. The van der Waals surface area contributed by atoms with Crippen molar-refractivity contribution in [3.8, 4) is 6.07 Å². The topological polar surface area (TPSA) is 61.2 Å². The predicted molar refractivity (Wildman–Crippen MR) is 77.7 cm³/mol. The van der Waals surface area contributed by atoms with Crippen LogP contribution in [0.3, 0.4) is 0 Å². The third kappa shape index (κ3) is 2.87. The van der Waals surface area contributed by atoms with E-state index in [-0.39, 0.29) is 4.90 Å². The second-order valence-corrected chi connectivity index (χ2v) is 7.28. The molecule has 0 saturated carbocycles. The van der Waals surface area contributed by atoms with Crippen LogP contribution in [0.15, 0.2) is 23.1 Å². The van der Waals surface area contributed by atoms with Crippen LogP contribution in [0.2, 0.25) is 0 Å². The fraction of sp³-hybridized carbons (Fsp3) is 0.533. The van der Waals surface area contributed by atoms with E-state index in [4.69, 9.17) is 5.26 Å². The lowest BCUT2D eigenvalue weighted by molar-refractivity contribution is 0.261. The molecule has 0 spiro atoms. The van der Waals surface area contributed by atoms with Crippen LogP contribution in [-0.2, 0) is 10.0 Å². The number of nitriles is 1. The lowest BCUT2D eigenvalue weighted by Gasteiger charge is -2.31. The Kier molecular flexibility index (Phi) is 4.46. The Labute approximate surface area is 121 Å². The molecule has 1 fully saturated rings. The van der Waals surface area contributed by atoms with Gasteiger partial charge in [0.2, 0.25) is 10.0 Å². The SMILES string of the molecule is CCC1CCCN(S(=O)(=O)c2cc(C#N)ccc2C)C1. The van der Waals surface area contributed by atoms with Gasteiger partial charge in [-0.1, -0.05) is 19.4 Å². The molecule has 5 heteroatoms. The Bertz CT molecular complexity index is 632. The number of benzene rings is 1. The second kappa shape index (κ2) is 5.94. The standard InChI is InChI=1S/C15H20N2O2S/c1-3-13-5-4-8-17(11-13)20(18,19)15-9-14(10-16)7-6-12(15)2/h6-7,9,13H,3-5,8,11H2,1-2H3. The van der Waals surface area contributed by atoms with Crippen molar-refractivity contribution in [2.24, 2.45) is 5.92 Å². The second-order valence-electron chi connectivity index (χ2n) is 5.37. The van der Waals surface area contributed by atoms with Crippen LogP contribution in [0.5, 0.6) is 0 Å². The smallest absolute Gasteiger partial charge is 0.207 e. The van der Waals surface area contributed by atoms with E-state index in [0.717, 1.165) is 19.3 Å². The molecule has 0 radical (unpaired) electrons. The lowest BCUT2D eigenvalue weighted by atomic mass is 9.97. The molecule has 0 bridgehead atoms.